The van der Waals surface area contributed by atoms with Crippen LogP contribution in [0.15, 0.2) is 29.6 Å². The number of amides is 2. The first-order chi connectivity index (χ1) is 11.2. The van der Waals surface area contributed by atoms with Crippen LogP contribution in [-0.4, -0.2) is 22.8 Å². The Hall–Kier alpha value is -2.21. The van der Waals surface area contributed by atoms with E-state index in [-0.39, 0.29) is 11.8 Å². The monoisotopic (exact) mass is 345 g/mol. The molecule has 24 heavy (non-hydrogen) atoms. The lowest BCUT2D eigenvalue weighted by Gasteiger charge is -2.21. The molecule has 0 bridgehead atoms. The Kier molecular flexibility index (Phi) is 5.39. The molecule has 2 amide bonds. The summed E-state index contributed by atoms with van der Waals surface area (Å²) >= 11 is 1.36. The Labute approximate surface area is 146 Å². The van der Waals surface area contributed by atoms with Gasteiger partial charge >= 0.3 is 0 Å². The normalized spacial score (nSPS) is 12.5. The highest BCUT2D eigenvalue weighted by molar-refractivity contribution is 7.14. The molecule has 128 valence electrons. The molecular formula is C18H23N3O2S. The van der Waals surface area contributed by atoms with Gasteiger partial charge in [0, 0.05) is 16.4 Å². The van der Waals surface area contributed by atoms with E-state index in [1.165, 1.54) is 16.9 Å². The molecule has 1 unspecified atom stereocenters. The molecule has 5 nitrogen and oxygen atoms in total. The number of nitrogens with zero attached hydrogens (tertiary/aromatic N) is 1. The van der Waals surface area contributed by atoms with E-state index in [9.17, 15) is 9.59 Å². The number of thiazole rings is 1. The maximum atomic E-state index is 12.2. The maximum absolute atomic E-state index is 12.2. The molecule has 0 spiro atoms. The van der Waals surface area contributed by atoms with Crippen LogP contribution >= 0.6 is 11.3 Å². The van der Waals surface area contributed by atoms with Gasteiger partial charge in [-0.15, -0.1) is 11.3 Å². The SMILES string of the molecule is Cc1ccc(-c2csc(NC(=O)C(C)NC(=O)C(C)(C)C)n2)cc1. The van der Waals surface area contributed by atoms with Crippen LogP contribution in [0.1, 0.15) is 33.3 Å². The summed E-state index contributed by atoms with van der Waals surface area (Å²) in [5.41, 5.74) is 2.48. The first-order valence-electron chi connectivity index (χ1n) is 7.81. The Morgan fingerprint density at radius 2 is 1.79 bits per heavy atom. The molecule has 1 heterocycles. The van der Waals surface area contributed by atoms with Gasteiger partial charge in [0.05, 0.1) is 5.69 Å². The average Bonchev–Trinajstić information content (AvgIpc) is 2.95. The van der Waals surface area contributed by atoms with E-state index in [0.717, 1.165) is 11.3 Å². The third kappa shape index (κ3) is 4.64. The van der Waals surface area contributed by atoms with Gasteiger partial charge in [0.1, 0.15) is 6.04 Å². The number of anilines is 1. The van der Waals surface area contributed by atoms with Crippen molar-refractivity contribution in [1.82, 2.24) is 10.3 Å². The van der Waals surface area contributed by atoms with Gasteiger partial charge in [-0.1, -0.05) is 50.6 Å². The van der Waals surface area contributed by atoms with Gasteiger partial charge in [-0.25, -0.2) is 4.98 Å². The van der Waals surface area contributed by atoms with E-state index in [2.05, 4.69) is 15.6 Å². The van der Waals surface area contributed by atoms with Crippen LogP contribution in [0.3, 0.4) is 0 Å². The molecule has 0 radical (unpaired) electrons. The van der Waals surface area contributed by atoms with Crippen molar-refractivity contribution in [3.05, 3.63) is 35.2 Å². The Balaban J connectivity index is 2.00. The average molecular weight is 345 g/mol. The second-order valence-corrected chi connectivity index (χ2v) is 7.70. The third-order valence-corrected chi connectivity index (χ3v) is 4.26. The molecule has 0 fully saturated rings. The summed E-state index contributed by atoms with van der Waals surface area (Å²) < 4.78 is 0. The Bertz CT molecular complexity index is 729. The Morgan fingerprint density at radius 3 is 2.38 bits per heavy atom. The van der Waals surface area contributed by atoms with Gasteiger partial charge in [-0.05, 0) is 13.8 Å². The van der Waals surface area contributed by atoms with E-state index in [4.69, 9.17) is 0 Å². The number of aromatic nitrogens is 1. The second kappa shape index (κ2) is 7.13. The number of aryl methyl sites for hydroxylation is 1. The smallest absolute Gasteiger partial charge is 0.248 e. The number of carbonyl (C=O) groups excluding carboxylic acids is 2. The molecule has 6 heteroatoms. The lowest BCUT2D eigenvalue weighted by molar-refractivity contribution is -0.131. The van der Waals surface area contributed by atoms with Crippen molar-refractivity contribution in [3.8, 4) is 11.3 Å². The molecule has 0 saturated carbocycles. The minimum atomic E-state index is -0.622. The highest BCUT2D eigenvalue weighted by Crippen LogP contribution is 2.25. The first-order valence-corrected chi connectivity index (χ1v) is 8.69. The van der Waals surface area contributed by atoms with Gasteiger partial charge in [0.15, 0.2) is 5.13 Å². The molecule has 1 aromatic carbocycles. The highest BCUT2D eigenvalue weighted by atomic mass is 32.1. The van der Waals surface area contributed by atoms with Crippen LogP contribution < -0.4 is 10.6 Å². The number of benzene rings is 1. The first kappa shape index (κ1) is 18.1. The summed E-state index contributed by atoms with van der Waals surface area (Å²) in [7, 11) is 0. The van der Waals surface area contributed by atoms with E-state index >= 15 is 0 Å². The van der Waals surface area contributed by atoms with E-state index in [1.807, 2.05) is 57.3 Å². The zero-order valence-corrected chi connectivity index (χ0v) is 15.5. The minimum Gasteiger partial charge on any atom is -0.344 e. The fourth-order valence-electron chi connectivity index (χ4n) is 1.88. The number of nitrogens with one attached hydrogen (secondary N) is 2. The molecule has 0 aliphatic heterocycles. The Morgan fingerprint density at radius 1 is 1.17 bits per heavy atom. The molecule has 0 saturated heterocycles. The number of rotatable bonds is 4. The topological polar surface area (TPSA) is 71.1 Å². The van der Waals surface area contributed by atoms with Crippen molar-refractivity contribution in [2.45, 2.75) is 40.7 Å². The molecule has 2 N–H and O–H groups in total. The number of hydrogen-bond acceptors (Lipinski definition) is 4. The van der Waals surface area contributed by atoms with Crippen LogP contribution in [0, 0.1) is 12.3 Å². The van der Waals surface area contributed by atoms with Crippen LogP contribution in [0.2, 0.25) is 0 Å². The standard InChI is InChI=1S/C18H23N3O2S/c1-11-6-8-13(9-7-11)14-10-24-17(20-14)21-15(22)12(2)19-16(23)18(3,4)5/h6-10,12H,1-5H3,(H,19,23)(H,20,21,22). The minimum absolute atomic E-state index is 0.162. The molecule has 0 aliphatic carbocycles. The molecule has 1 aromatic heterocycles. The van der Waals surface area contributed by atoms with E-state index < -0.39 is 11.5 Å². The summed E-state index contributed by atoms with van der Waals surface area (Å²) in [6.07, 6.45) is 0. The fraction of sp³-hybridized carbons (Fsp3) is 0.389. The van der Waals surface area contributed by atoms with Crippen LogP contribution in [0.4, 0.5) is 5.13 Å². The highest BCUT2D eigenvalue weighted by Gasteiger charge is 2.25. The predicted molar refractivity (Wildman–Crippen MR) is 98.0 cm³/mol. The molecular weight excluding hydrogens is 322 g/mol. The zero-order chi connectivity index (χ0) is 17.9. The largest absolute Gasteiger partial charge is 0.344 e. The lowest BCUT2D eigenvalue weighted by Crippen LogP contribution is -2.46. The predicted octanol–water partition coefficient (Wildman–Crippen LogP) is 3.61. The van der Waals surface area contributed by atoms with Crippen molar-refractivity contribution < 1.29 is 9.59 Å². The summed E-state index contributed by atoms with van der Waals surface area (Å²) in [5, 5.41) is 7.89. The van der Waals surface area contributed by atoms with Gasteiger partial charge in [0.2, 0.25) is 11.8 Å². The van der Waals surface area contributed by atoms with Crippen LogP contribution in [0.25, 0.3) is 11.3 Å². The van der Waals surface area contributed by atoms with Crippen molar-refractivity contribution in [2.75, 3.05) is 5.32 Å². The van der Waals surface area contributed by atoms with Gasteiger partial charge in [-0.2, -0.15) is 0 Å². The van der Waals surface area contributed by atoms with Crippen molar-refractivity contribution in [3.63, 3.8) is 0 Å². The molecule has 1 atom stereocenters. The maximum Gasteiger partial charge on any atom is 0.248 e. The third-order valence-electron chi connectivity index (χ3n) is 3.50. The molecule has 0 aliphatic rings. The van der Waals surface area contributed by atoms with Crippen LogP contribution in [-0.2, 0) is 9.59 Å². The quantitative estimate of drug-likeness (QED) is 0.889. The summed E-state index contributed by atoms with van der Waals surface area (Å²) in [6.45, 7) is 9.11. The molecule has 2 aromatic rings. The van der Waals surface area contributed by atoms with Crippen molar-refractivity contribution >= 4 is 28.3 Å². The lowest BCUT2D eigenvalue weighted by atomic mass is 9.95. The summed E-state index contributed by atoms with van der Waals surface area (Å²) in [4.78, 5) is 28.6. The summed E-state index contributed by atoms with van der Waals surface area (Å²) in [6, 6.07) is 7.43. The second-order valence-electron chi connectivity index (χ2n) is 6.84. The van der Waals surface area contributed by atoms with E-state index in [0.29, 0.717) is 5.13 Å². The fourth-order valence-corrected chi connectivity index (χ4v) is 2.60. The van der Waals surface area contributed by atoms with Crippen molar-refractivity contribution in [2.24, 2.45) is 5.41 Å². The van der Waals surface area contributed by atoms with Gasteiger partial charge in [-0.3, -0.25) is 9.59 Å². The van der Waals surface area contributed by atoms with Gasteiger partial charge < -0.3 is 10.6 Å². The zero-order valence-electron chi connectivity index (χ0n) is 14.6. The van der Waals surface area contributed by atoms with E-state index in [1.54, 1.807) is 6.92 Å². The van der Waals surface area contributed by atoms with Crippen LogP contribution in [0.5, 0.6) is 0 Å². The van der Waals surface area contributed by atoms with Gasteiger partial charge in [0.25, 0.3) is 0 Å². The van der Waals surface area contributed by atoms with Crippen molar-refractivity contribution in [1.29, 1.82) is 0 Å². The number of carbonyl (C=O) groups is 2. The number of hydrogen-bond donors (Lipinski definition) is 2. The summed E-state index contributed by atoms with van der Waals surface area (Å²) in [5.74, 6) is -0.443. The molecule has 2 rings (SSSR count).